The van der Waals surface area contributed by atoms with E-state index in [1.165, 1.54) is 0 Å². The van der Waals surface area contributed by atoms with Crippen LogP contribution in [0, 0.1) is 0 Å². The van der Waals surface area contributed by atoms with Gasteiger partial charge in [-0.25, -0.2) is 4.68 Å². The minimum Gasteiger partial charge on any atom is -0.382 e. The maximum Gasteiger partial charge on any atom is 0.169 e. The van der Waals surface area contributed by atoms with Crippen LogP contribution in [-0.2, 0) is 11.2 Å². The van der Waals surface area contributed by atoms with Crippen LogP contribution >= 0.6 is 0 Å². The fraction of sp³-hybridized carbons (Fsp3) is 0.778. The summed E-state index contributed by atoms with van der Waals surface area (Å²) < 4.78 is 6.92. The Bertz CT molecular complexity index is 284. The number of nitrogen functional groups attached to an aromatic ring is 1. The Morgan fingerprint density at radius 2 is 2.29 bits per heavy atom. The molecule has 5 nitrogen and oxygen atoms in total. The Kier molecular flexibility index (Phi) is 3.88. The molecule has 0 fully saturated rings. The van der Waals surface area contributed by atoms with Gasteiger partial charge in [0.25, 0.3) is 0 Å². The lowest BCUT2D eigenvalue weighted by Crippen LogP contribution is -2.15. The number of nitrogens with two attached hydrogens (primary N) is 1. The zero-order valence-corrected chi connectivity index (χ0v) is 9.03. The van der Waals surface area contributed by atoms with Crippen LogP contribution in [0.2, 0.25) is 0 Å². The zero-order valence-electron chi connectivity index (χ0n) is 9.03. The fourth-order valence-electron chi connectivity index (χ4n) is 1.47. The van der Waals surface area contributed by atoms with Gasteiger partial charge in [0.15, 0.2) is 5.82 Å². The number of ether oxygens (including phenoxy) is 1. The summed E-state index contributed by atoms with van der Waals surface area (Å²) in [5, 5.41) is 7.89. The largest absolute Gasteiger partial charge is 0.382 e. The third kappa shape index (κ3) is 2.23. The van der Waals surface area contributed by atoms with Gasteiger partial charge in [0.05, 0.1) is 18.3 Å². The van der Waals surface area contributed by atoms with Gasteiger partial charge in [-0.05, 0) is 13.3 Å². The molecule has 2 N–H and O–H groups in total. The monoisotopic (exact) mass is 198 g/mol. The predicted octanol–water partition coefficient (Wildman–Crippen LogP) is 1.02. The van der Waals surface area contributed by atoms with E-state index in [0.717, 1.165) is 18.5 Å². The lowest BCUT2D eigenvalue weighted by molar-refractivity contribution is 0.154. The average molecular weight is 198 g/mol. The van der Waals surface area contributed by atoms with Crippen molar-refractivity contribution in [2.75, 3.05) is 19.5 Å². The van der Waals surface area contributed by atoms with Crippen molar-refractivity contribution in [2.45, 2.75) is 32.7 Å². The first-order chi connectivity index (χ1) is 6.70. The molecule has 5 heteroatoms. The Balaban J connectivity index is 2.84. The van der Waals surface area contributed by atoms with Gasteiger partial charge in [-0.3, -0.25) is 0 Å². The zero-order chi connectivity index (χ0) is 10.6. The van der Waals surface area contributed by atoms with E-state index in [4.69, 9.17) is 10.5 Å². The minimum absolute atomic E-state index is 0.186. The number of methoxy groups -OCH3 is 1. The Hall–Kier alpha value is -1.10. The highest BCUT2D eigenvalue weighted by molar-refractivity contribution is 5.33. The van der Waals surface area contributed by atoms with Crippen molar-refractivity contribution in [3.05, 3.63) is 5.69 Å². The molecule has 1 aromatic rings. The maximum absolute atomic E-state index is 5.73. The molecular weight excluding hydrogens is 180 g/mol. The number of rotatable bonds is 5. The van der Waals surface area contributed by atoms with E-state index in [9.17, 15) is 0 Å². The number of nitrogens with zero attached hydrogens (tertiary/aromatic N) is 3. The lowest BCUT2D eigenvalue weighted by atomic mass is 10.2. The molecule has 0 aliphatic rings. The van der Waals surface area contributed by atoms with E-state index in [1.54, 1.807) is 7.11 Å². The molecule has 0 spiro atoms. The molecule has 80 valence electrons. The van der Waals surface area contributed by atoms with E-state index < -0.39 is 0 Å². The first-order valence-corrected chi connectivity index (χ1v) is 4.89. The van der Waals surface area contributed by atoms with E-state index in [-0.39, 0.29) is 6.04 Å². The molecule has 0 amide bonds. The molecule has 1 unspecified atom stereocenters. The molecule has 14 heavy (non-hydrogen) atoms. The van der Waals surface area contributed by atoms with Crippen LogP contribution < -0.4 is 5.73 Å². The lowest BCUT2D eigenvalue weighted by Gasteiger charge is -2.13. The summed E-state index contributed by atoms with van der Waals surface area (Å²) >= 11 is 0. The number of hydrogen-bond donors (Lipinski definition) is 1. The molecule has 0 radical (unpaired) electrons. The van der Waals surface area contributed by atoms with Crippen molar-refractivity contribution in [2.24, 2.45) is 0 Å². The van der Waals surface area contributed by atoms with Crippen LogP contribution in [0.25, 0.3) is 0 Å². The van der Waals surface area contributed by atoms with E-state index in [1.807, 2.05) is 11.6 Å². The van der Waals surface area contributed by atoms with Gasteiger partial charge in [0.2, 0.25) is 0 Å². The Morgan fingerprint density at radius 1 is 1.57 bits per heavy atom. The Morgan fingerprint density at radius 3 is 2.86 bits per heavy atom. The first-order valence-electron chi connectivity index (χ1n) is 4.89. The van der Waals surface area contributed by atoms with Crippen LogP contribution in [0.1, 0.15) is 32.0 Å². The third-order valence-electron chi connectivity index (χ3n) is 2.13. The SMILES string of the molecule is CCCc1c(N)nnn1C(C)COC. The average Bonchev–Trinajstić information content (AvgIpc) is 2.50. The number of aromatic nitrogens is 3. The highest BCUT2D eigenvalue weighted by Crippen LogP contribution is 2.15. The normalized spacial score (nSPS) is 13.1. The summed E-state index contributed by atoms with van der Waals surface area (Å²) in [6, 6.07) is 0.186. The molecule has 0 aromatic carbocycles. The second-order valence-corrected chi connectivity index (χ2v) is 3.42. The maximum atomic E-state index is 5.73. The van der Waals surface area contributed by atoms with Crippen LogP contribution in [0.4, 0.5) is 5.82 Å². The second-order valence-electron chi connectivity index (χ2n) is 3.42. The van der Waals surface area contributed by atoms with Crippen LogP contribution in [0.5, 0.6) is 0 Å². The van der Waals surface area contributed by atoms with Crippen molar-refractivity contribution in [3.63, 3.8) is 0 Å². The summed E-state index contributed by atoms with van der Waals surface area (Å²) in [6.45, 7) is 4.77. The van der Waals surface area contributed by atoms with E-state index in [2.05, 4.69) is 17.2 Å². The molecule has 1 atom stereocenters. The molecule has 1 heterocycles. The van der Waals surface area contributed by atoms with Gasteiger partial charge < -0.3 is 10.5 Å². The molecule has 0 bridgehead atoms. The van der Waals surface area contributed by atoms with Crippen LogP contribution in [0.3, 0.4) is 0 Å². The van der Waals surface area contributed by atoms with Crippen LogP contribution in [-0.4, -0.2) is 28.7 Å². The summed E-state index contributed by atoms with van der Waals surface area (Å²) in [6.07, 6.45) is 1.95. The summed E-state index contributed by atoms with van der Waals surface area (Å²) in [5.74, 6) is 0.537. The van der Waals surface area contributed by atoms with Gasteiger partial charge in [0.1, 0.15) is 0 Å². The summed E-state index contributed by atoms with van der Waals surface area (Å²) in [7, 11) is 1.68. The van der Waals surface area contributed by atoms with Gasteiger partial charge >= 0.3 is 0 Å². The molecule has 0 aliphatic heterocycles. The van der Waals surface area contributed by atoms with Gasteiger partial charge in [0, 0.05) is 7.11 Å². The van der Waals surface area contributed by atoms with Crippen molar-refractivity contribution in [1.29, 1.82) is 0 Å². The summed E-state index contributed by atoms with van der Waals surface area (Å²) in [5.41, 5.74) is 6.74. The standard InChI is InChI=1S/C9H18N4O/c1-4-5-8-9(10)11-12-13(8)7(2)6-14-3/h7H,4-6,10H2,1-3H3. The smallest absolute Gasteiger partial charge is 0.169 e. The molecule has 0 aliphatic carbocycles. The van der Waals surface area contributed by atoms with Crippen molar-refractivity contribution < 1.29 is 4.74 Å². The first kappa shape index (κ1) is 11.0. The van der Waals surface area contributed by atoms with Crippen molar-refractivity contribution in [3.8, 4) is 0 Å². The minimum atomic E-state index is 0.186. The van der Waals surface area contributed by atoms with E-state index >= 15 is 0 Å². The number of hydrogen-bond acceptors (Lipinski definition) is 4. The molecule has 0 saturated carbocycles. The molecule has 1 aromatic heterocycles. The molecule has 0 saturated heterocycles. The third-order valence-corrected chi connectivity index (χ3v) is 2.13. The predicted molar refractivity (Wildman–Crippen MR) is 55.0 cm³/mol. The second kappa shape index (κ2) is 4.95. The molecular formula is C9H18N4O. The van der Waals surface area contributed by atoms with Gasteiger partial charge in [-0.1, -0.05) is 18.6 Å². The van der Waals surface area contributed by atoms with Crippen molar-refractivity contribution >= 4 is 5.82 Å². The summed E-state index contributed by atoms with van der Waals surface area (Å²) in [4.78, 5) is 0. The topological polar surface area (TPSA) is 66.0 Å². The van der Waals surface area contributed by atoms with Gasteiger partial charge in [-0.15, -0.1) is 5.10 Å². The van der Waals surface area contributed by atoms with E-state index in [0.29, 0.717) is 12.4 Å². The van der Waals surface area contributed by atoms with Crippen molar-refractivity contribution in [1.82, 2.24) is 15.0 Å². The number of anilines is 1. The van der Waals surface area contributed by atoms with Gasteiger partial charge in [-0.2, -0.15) is 0 Å². The quantitative estimate of drug-likeness (QED) is 0.767. The fourth-order valence-corrected chi connectivity index (χ4v) is 1.47. The van der Waals surface area contributed by atoms with Crippen LogP contribution in [0.15, 0.2) is 0 Å². The Labute approximate surface area is 84.2 Å². The highest BCUT2D eigenvalue weighted by atomic mass is 16.5. The molecule has 1 rings (SSSR count). The highest BCUT2D eigenvalue weighted by Gasteiger charge is 2.14.